The Morgan fingerprint density at radius 1 is 0.579 bits per heavy atom. The van der Waals surface area contributed by atoms with Gasteiger partial charge in [-0.1, -0.05) is 56.6 Å². The standard InChI is InChI=1S/C23H27FN2O3.C22H27ClN2O3.C21H26N2O2.C20H24N2O2S/c1-12(21-13(2)25-19-4-3-15(24)8-18(19)21)5-20(27)26-16-6-14-7-17(26)11-23(9-14,10-16)22(28)29;1-12(17-11-24-19-7-18(23)20(28-2)6-16(17)19)3-21(26)25-14-4-13-5-15(25)10-22(27,8-13)9-14;1-13-3-2-4-18-20(13)15(12-22-18)5-6-19(24)23-16-7-14-8-17(23)11-21(25,9-14)10-16;1-12(19-21-16-4-2-3-5-17(16)25-19)6-18(23)22-14-7-13-8-15(22)11-20(24,9-13)10-14/h3-4,8,12,14,16-17,25H,5-7,9-11H2,1-2H3,(H,28,29);6-7,11-15,24,27H,3-5,8-10H2,1-2H3;2-4,12,14,16-17,22,25H,5-11H2,1H3;2-5,12-15,24H,6-11H2,1H3. The smallest absolute Gasteiger partial charge is 0.309 e. The highest BCUT2D eigenvalue weighted by atomic mass is 35.5. The zero-order valence-electron chi connectivity index (χ0n) is 62.6. The quantitative estimate of drug-likeness (QED) is 0.0539. The number of para-hydroxylation sites is 1. The highest BCUT2D eigenvalue weighted by Gasteiger charge is 2.61. The molecule has 21 heteroatoms. The topological polar surface area (TPSA) is 249 Å². The number of hydrogen-bond donors (Lipinski definition) is 7. The monoisotopic (exact) mass is 1490 g/mol. The van der Waals surface area contributed by atoms with Crippen LogP contribution in [0.15, 0.2) is 85.2 Å². The number of aromatic amines is 3. The number of rotatable bonds is 14. The molecule has 7 N–H and O–H groups in total. The van der Waals surface area contributed by atoms with E-state index in [0.29, 0.717) is 73.0 Å². The van der Waals surface area contributed by atoms with Gasteiger partial charge in [0.05, 0.1) is 49.6 Å². The summed E-state index contributed by atoms with van der Waals surface area (Å²) in [4.78, 5) is 87.6. The van der Waals surface area contributed by atoms with Crippen molar-refractivity contribution in [3.05, 3.63) is 129 Å². The van der Waals surface area contributed by atoms with E-state index in [0.717, 1.165) is 177 Å². The van der Waals surface area contributed by atoms with Crippen molar-refractivity contribution in [2.24, 2.45) is 29.1 Å². The third kappa shape index (κ3) is 13.5. The summed E-state index contributed by atoms with van der Waals surface area (Å²) in [6, 6.07) is 24.6. The third-order valence-electron chi connectivity index (χ3n) is 28.0. The predicted molar refractivity (Wildman–Crippen MR) is 412 cm³/mol. The molecule has 107 heavy (non-hydrogen) atoms. The van der Waals surface area contributed by atoms with E-state index in [9.17, 15) is 48.8 Å². The number of halogens is 2. The molecule has 0 radical (unpaired) electrons. The summed E-state index contributed by atoms with van der Waals surface area (Å²) >= 11 is 7.93. The van der Waals surface area contributed by atoms with Gasteiger partial charge in [-0.05, 0) is 255 Å². The van der Waals surface area contributed by atoms with E-state index in [1.807, 2.05) is 55.3 Å². The lowest BCUT2D eigenvalue weighted by molar-refractivity contribution is -0.178. The van der Waals surface area contributed by atoms with Crippen LogP contribution in [-0.2, 0) is 30.4 Å². The first-order valence-electron chi connectivity index (χ1n) is 39.9. The molecule has 16 bridgehead atoms. The number of ether oxygens (including phenoxy) is 1. The Labute approximate surface area is 633 Å². The Kier molecular flexibility index (Phi) is 18.7. The molecule has 16 fully saturated rings. The number of methoxy groups -OCH3 is 1. The first kappa shape index (κ1) is 72.5. The van der Waals surface area contributed by atoms with Crippen LogP contribution in [0.4, 0.5) is 4.39 Å². The first-order valence-corrected chi connectivity index (χ1v) is 41.0. The minimum Gasteiger partial charge on any atom is -0.495 e. The number of benzene rings is 4. The minimum absolute atomic E-state index is 0.0383. The number of fused-ring (bicyclic) bond motifs is 4. The summed E-state index contributed by atoms with van der Waals surface area (Å²) in [7, 11) is 1.61. The molecule has 12 heterocycles. The van der Waals surface area contributed by atoms with E-state index < -0.39 is 28.2 Å². The number of carbonyl (C=O) groups is 5. The Hall–Kier alpha value is -7.36. The van der Waals surface area contributed by atoms with Crippen molar-refractivity contribution < 1.29 is 53.5 Å². The van der Waals surface area contributed by atoms with E-state index in [1.54, 1.807) is 24.5 Å². The number of aliphatic carboxylic acids is 1. The Bertz CT molecular complexity index is 4720. The van der Waals surface area contributed by atoms with Gasteiger partial charge in [-0.3, -0.25) is 24.0 Å². The molecule has 8 saturated carbocycles. The zero-order chi connectivity index (χ0) is 74.5. The first-order chi connectivity index (χ1) is 51.2. The molecular formula is C86H104ClFN8O10S. The van der Waals surface area contributed by atoms with Crippen molar-refractivity contribution in [2.45, 2.75) is 278 Å². The normalized spacial score (nSPS) is 32.8. The van der Waals surface area contributed by atoms with Crippen molar-refractivity contribution in [1.29, 1.82) is 0 Å². The molecule has 8 aromatic rings. The number of piperidine rings is 8. The maximum atomic E-state index is 13.8. The highest BCUT2D eigenvalue weighted by molar-refractivity contribution is 7.18. The van der Waals surface area contributed by atoms with Gasteiger partial charge in [-0.15, -0.1) is 11.3 Å². The van der Waals surface area contributed by atoms with Crippen LogP contribution in [0, 0.1) is 48.8 Å². The van der Waals surface area contributed by atoms with Gasteiger partial charge >= 0.3 is 5.97 Å². The molecule has 11 unspecified atom stereocenters. The van der Waals surface area contributed by atoms with Gasteiger partial charge in [0.25, 0.3) is 0 Å². The van der Waals surface area contributed by atoms with Crippen LogP contribution in [0.3, 0.4) is 0 Å². The van der Waals surface area contributed by atoms with E-state index >= 15 is 0 Å². The number of carboxylic acids is 1. The molecular weight excluding hydrogens is 1390 g/mol. The third-order valence-corrected chi connectivity index (χ3v) is 29.6. The van der Waals surface area contributed by atoms with Gasteiger partial charge in [0.1, 0.15) is 11.6 Å². The summed E-state index contributed by atoms with van der Waals surface area (Å²) in [5.41, 5.74) is 7.48. The number of aromatic nitrogens is 4. The van der Waals surface area contributed by atoms with Crippen LogP contribution < -0.4 is 4.74 Å². The fraction of sp³-hybridized carbons (Fsp3) is 0.581. The van der Waals surface area contributed by atoms with Gasteiger partial charge in [-0.2, -0.15) is 0 Å². The molecule has 4 aromatic carbocycles. The van der Waals surface area contributed by atoms with Gasteiger partial charge in [0.2, 0.25) is 23.6 Å². The zero-order valence-corrected chi connectivity index (χ0v) is 64.1. The number of hydrogen-bond acceptors (Lipinski definition) is 11. The Morgan fingerprint density at radius 3 is 1.62 bits per heavy atom. The number of carbonyl (C=O) groups excluding carboxylic acids is 4. The summed E-state index contributed by atoms with van der Waals surface area (Å²) < 4.78 is 20.4. The van der Waals surface area contributed by atoms with Crippen LogP contribution in [-0.4, -0.2) is 162 Å². The van der Waals surface area contributed by atoms with Crippen molar-refractivity contribution >= 4 is 95.5 Å². The van der Waals surface area contributed by atoms with Gasteiger partial charge in [-0.25, -0.2) is 9.37 Å². The number of aliphatic hydroxyl groups is 3. The van der Waals surface area contributed by atoms with Crippen molar-refractivity contribution in [3.8, 4) is 5.75 Å². The number of carboxylic acid groups (broad SMARTS) is 1. The van der Waals surface area contributed by atoms with Gasteiger partial charge in [0.15, 0.2) is 0 Å². The summed E-state index contributed by atoms with van der Waals surface area (Å²) in [5, 5.41) is 46.7. The van der Waals surface area contributed by atoms with E-state index in [4.69, 9.17) is 21.3 Å². The maximum absolute atomic E-state index is 13.8. The second kappa shape index (κ2) is 27.6. The number of aryl methyl sites for hydroxylation is 3. The van der Waals surface area contributed by atoms with Crippen LogP contribution in [0.25, 0.3) is 42.9 Å². The van der Waals surface area contributed by atoms with E-state index in [2.05, 4.69) is 80.9 Å². The molecule has 8 aliphatic heterocycles. The molecule has 4 amide bonds. The fourth-order valence-electron chi connectivity index (χ4n) is 24.5. The lowest BCUT2D eigenvalue weighted by atomic mass is 9.55. The van der Waals surface area contributed by atoms with Crippen LogP contribution in [0.5, 0.6) is 5.75 Å². The van der Waals surface area contributed by atoms with Crippen LogP contribution in [0.1, 0.15) is 226 Å². The summed E-state index contributed by atoms with van der Waals surface area (Å²) in [6.07, 6.45) is 24.5. The fourth-order valence-corrected chi connectivity index (χ4v) is 25.7. The molecule has 24 rings (SSSR count). The second-order valence-electron chi connectivity index (χ2n) is 35.8. The van der Waals surface area contributed by atoms with Crippen molar-refractivity contribution in [1.82, 2.24) is 39.5 Å². The molecule has 18 nitrogen and oxygen atoms in total. The summed E-state index contributed by atoms with van der Waals surface area (Å²) in [6.45, 7) is 10.3. The Morgan fingerprint density at radius 2 is 1.08 bits per heavy atom. The van der Waals surface area contributed by atoms with Crippen LogP contribution >= 0.6 is 22.9 Å². The van der Waals surface area contributed by atoms with Crippen molar-refractivity contribution in [3.63, 3.8) is 0 Å². The minimum atomic E-state index is -0.686. The second-order valence-corrected chi connectivity index (χ2v) is 37.2. The lowest BCUT2D eigenvalue weighted by Crippen LogP contribution is -2.65. The molecule has 4 aromatic heterocycles. The molecule has 568 valence electrons. The summed E-state index contributed by atoms with van der Waals surface area (Å²) in [5.74, 6) is 3.01. The number of nitrogens with one attached hydrogen (secondary N) is 3. The largest absolute Gasteiger partial charge is 0.495 e. The molecule has 8 saturated heterocycles. The predicted octanol–water partition coefficient (Wildman–Crippen LogP) is 15.6. The SMILES string of the molecule is CC(CC(=O)N1C2CC3CC1CC(O)(C3)C2)c1nc2ccccc2s1.COc1cc2c(C(C)CC(=O)N3C4CC5CC3CC(O)(C5)C4)c[nH]c2cc1Cl.Cc1[nH]c2ccc(F)cc2c1C(C)CC(=O)N1C2CC3CC1CC(C(=O)O)(C3)C2.Cc1cccc2[nH]cc(CCC(=O)N3C4CC5CC3CC(O)(C5)C4)c12. The Balaban J connectivity index is 0.000000105. The average molecular weight is 1500 g/mol. The molecule has 8 aliphatic carbocycles. The number of nitrogens with zero attached hydrogens (tertiary/aromatic N) is 5. The van der Waals surface area contributed by atoms with Gasteiger partial charge < -0.3 is 59.7 Å². The number of amides is 4. The van der Waals surface area contributed by atoms with E-state index in [-0.39, 0.29) is 95.5 Å². The highest BCUT2D eigenvalue weighted by Crippen LogP contribution is 2.58. The van der Waals surface area contributed by atoms with Crippen LogP contribution in [0.2, 0.25) is 5.02 Å². The van der Waals surface area contributed by atoms with Gasteiger partial charge in [0, 0.05) is 131 Å². The van der Waals surface area contributed by atoms with E-state index in [1.165, 1.54) is 33.3 Å². The average Bonchev–Trinajstić information content (AvgIpc) is 1.36. The number of thiazole rings is 1. The lowest BCUT2D eigenvalue weighted by Gasteiger charge is -2.60. The maximum Gasteiger partial charge on any atom is 0.309 e. The molecule has 16 aliphatic rings. The molecule has 0 spiro atoms. The molecule has 11 atom stereocenters. The van der Waals surface area contributed by atoms with Crippen molar-refractivity contribution in [2.75, 3.05) is 7.11 Å². The number of H-pyrrole nitrogens is 3.